The third-order valence-corrected chi connectivity index (χ3v) is 1.35. The third kappa shape index (κ3) is 4.81. The van der Waals surface area contributed by atoms with Gasteiger partial charge in [-0.1, -0.05) is 30.3 Å². The Hall–Kier alpha value is -1.84. The lowest BCUT2D eigenvalue weighted by Crippen LogP contribution is -2.39. The molecule has 80 valence electrons. The van der Waals surface area contributed by atoms with E-state index in [9.17, 15) is 0 Å². The van der Waals surface area contributed by atoms with Crippen LogP contribution in [-0.2, 0) is 6.37 Å². The van der Waals surface area contributed by atoms with Crippen molar-refractivity contribution in [1.29, 1.82) is 10.8 Å². The summed E-state index contributed by atoms with van der Waals surface area (Å²) in [6, 6.07) is 3.29. The summed E-state index contributed by atoms with van der Waals surface area (Å²) in [6.07, 6.45) is -2.58. The van der Waals surface area contributed by atoms with Crippen molar-refractivity contribution in [3.05, 3.63) is 35.8 Å². The maximum atomic E-state index is 7.92. The van der Waals surface area contributed by atoms with E-state index in [1.54, 1.807) is 0 Å². The molecule has 0 aliphatic carbocycles. The first kappa shape index (κ1) is 5.30. The average molecular weight is 210 g/mol. The van der Waals surface area contributed by atoms with E-state index in [1.165, 1.54) is 13.0 Å². The lowest BCUT2D eigenvalue weighted by atomic mass is 10.1. The molecule has 0 heterocycles. The molecule has 4 nitrogen and oxygen atoms in total. The molecule has 4 heteroatoms. The van der Waals surface area contributed by atoms with Gasteiger partial charge in [-0.2, -0.15) is 0 Å². The number of rotatable bonds is 3. The van der Waals surface area contributed by atoms with Crippen molar-refractivity contribution in [1.82, 2.24) is 10.6 Å². The molecule has 0 unspecified atom stereocenters. The molecule has 0 spiro atoms. The molecule has 1 aromatic rings. The summed E-state index contributed by atoms with van der Waals surface area (Å²) in [4.78, 5) is 0. The highest BCUT2D eigenvalue weighted by Crippen LogP contribution is 1.97. The molecule has 0 aromatic heterocycles. The van der Waals surface area contributed by atoms with Gasteiger partial charge in [-0.05, 0) is 18.9 Å². The van der Waals surface area contributed by atoms with Gasteiger partial charge in [-0.3, -0.25) is 10.8 Å². The zero-order chi connectivity index (χ0) is 16.4. The van der Waals surface area contributed by atoms with Crippen molar-refractivity contribution in [2.45, 2.75) is 13.3 Å². The smallest absolute Gasteiger partial charge is 0.193 e. The normalized spacial score (nSPS) is 17.1. The lowest BCUT2D eigenvalue weighted by Gasteiger charge is -2.08. The van der Waals surface area contributed by atoms with Crippen molar-refractivity contribution >= 4 is 11.8 Å². The van der Waals surface area contributed by atoms with Gasteiger partial charge in [0.15, 0.2) is 5.96 Å². The van der Waals surface area contributed by atoms with Crippen LogP contribution in [0.5, 0.6) is 0 Å². The summed E-state index contributed by atoms with van der Waals surface area (Å²) in [5, 5.41) is 18.9. The Morgan fingerprint density at radius 2 is 2.13 bits per heavy atom. The molecular weight excluding hydrogens is 188 g/mol. The molecule has 0 fully saturated rings. The molecule has 15 heavy (non-hydrogen) atoms. The maximum Gasteiger partial charge on any atom is 0.193 e. The molecule has 1 rings (SSSR count). The largest absolute Gasteiger partial charge is 0.356 e. The second-order valence-corrected chi connectivity index (χ2v) is 2.72. The minimum atomic E-state index is -2.67. The minimum Gasteiger partial charge on any atom is -0.356 e. The number of nitrogens with one attached hydrogen (secondary N) is 4. The van der Waals surface area contributed by atoms with E-state index < -0.39 is 18.8 Å². The predicted molar refractivity (Wildman–Crippen MR) is 62.4 cm³/mol. The van der Waals surface area contributed by atoms with Crippen molar-refractivity contribution in [3.8, 4) is 0 Å². The second-order valence-electron chi connectivity index (χ2n) is 2.72. The maximum absolute atomic E-state index is 7.92. The highest BCUT2D eigenvalue weighted by atomic mass is 15.1. The van der Waals surface area contributed by atoms with Gasteiger partial charge in [0.25, 0.3) is 0 Å². The van der Waals surface area contributed by atoms with Crippen LogP contribution in [0.15, 0.2) is 30.3 Å². The van der Waals surface area contributed by atoms with E-state index in [0.717, 1.165) is 12.1 Å². The Labute approximate surface area is 98.2 Å². The van der Waals surface area contributed by atoms with Crippen LogP contribution in [0.1, 0.15) is 20.7 Å². The van der Waals surface area contributed by atoms with E-state index in [1.807, 2.05) is 5.32 Å². The topological polar surface area (TPSA) is 71.8 Å². The van der Waals surface area contributed by atoms with Crippen LogP contribution in [-0.4, -0.2) is 18.3 Å². The Bertz CT molecular complexity index is 552. The molecular formula is C11H16N4. The molecule has 0 amide bonds. The number of hydrogen-bond donors (Lipinski definition) is 4. The van der Waals surface area contributed by atoms with Crippen LogP contribution < -0.4 is 10.6 Å². The molecule has 4 N–H and O–H groups in total. The summed E-state index contributed by atoms with van der Waals surface area (Å²) in [6.45, 7) is -1.32. The number of amidine groups is 1. The van der Waals surface area contributed by atoms with Gasteiger partial charge in [-0.25, -0.2) is 0 Å². The van der Waals surface area contributed by atoms with Crippen LogP contribution >= 0.6 is 0 Å². The van der Waals surface area contributed by atoms with Crippen molar-refractivity contribution in [3.63, 3.8) is 0 Å². The van der Waals surface area contributed by atoms with Crippen LogP contribution in [0, 0.1) is 10.8 Å². The lowest BCUT2D eigenvalue weighted by molar-refractivity contribution is 0.842. The van der Waals surface area contributed by atoms with E-state index in [-0.39, 0.29) is 23.5 Å². The van der Waals surface area contributed by atoms with Gasteiger partial charge >= 0.3 is 0 Å². The fourth-order valence-electron chi connectivity index (χ4n) is 0.810. The van der Waals surface area contributed by atoms with Crippen molar-refractivity contribution in [2.75, 3.05) is 6.50 Å². The van der Waals surface area contributed by atoms with Crippen LogP contribution in [0.25, 0.3) is 0 Å². The van der Waals surface area contributed by atoms with Gasteiger partial charge in [0.05, 0.1) is 8.58 Å². The summed E-state index contributed by atoms with van der Waals surface area (Å²) < 4.78 is 46.4. The zero-order valence-electron chi connectivity index (χ0n) is 14.2. The molecule has 0 atom stereocenters. The summed E-state index contributed by atoms with van der Waals surface area (Å²) >= 11 is 0. The molecule has 0 saturated carbocycles. The first-order chi connectivity index (χ1) is 9.45. The van der Waals surface area contributed by atoms with Gasteiger partial charge in [0.2, 0.25) is 0 Å². The number of guanidine groups is 1. The predicted octanol–water partition coefficient (Wildman–Crippen LogP) is 1.34. The minimum absolute atomic E-state index is 0.0922. The Balaban J connectivity index is 3.08. The molecule has 0 bridgehead atoms. The Morgan fingerprint density at radius 1 is 1.47 bits per heavy atom. The Morgan fingerprint density at radius 3 is 2.73 bits per heavy atom. The monoisotopic (exact) mass is 210 g/mol. The Kier molecular flexibility index (Phi) is 2.05. The first-order valence-corrected chi connectivity index (χ1v) is 4.23. The van der Waals surface area contributed by atoms with E-state index in [0.29, 0.717) is 0 Å². The molecule has 0 aliphatic rings. The summed E-state index contributed by atoms with van der Waals surface area (Å²) in [5.74, 6) is -0.644. The number of benzene rings is 1. The fourth-order valence-corrected chi connectivity index (χ4v) is 0.810. The molecule has 1 aromatic carbocycles. The number of aryl methyl sites for hydroxylation is 1. The number of hydrogen-bond acceptors (Lipinski definition) is 2. The highest BCUT2D eigenvalue weighted by Gasteiger charge is 1.95. The molecule has 0 radical (unpaired) electrons. The van der Waals surface area contributed by atoms with Crippen LogP contribution in [0.2, 0.25) is 0 Å². The SMILES string of the molecule is [2H]c1cc([2H])cc(C([2H])([2H])C([2H])([2H])NC(=N)NC(C)=N)c1. The van der Waals surface area contributed by atoms with Gasteiger partial charge in [0.1, 0.15) is 0 Å². The first-order valence-electron chi connectivity index (χ1n) is 7.23. The zero-order valence-corrected chi connectivity index (χ0v) is 8.23. The van der Waals surface area contributed by atoms with Crippen molar-refractivity contribution in [2.24, 2.45) is 0 Å². The van der Waals surface area contributed by atoms with Crippen LogP contribution in [0.3, 0.4) is 0 Å². The highest BCUT2D eigenvalue weighted by molar-refractivity contribution is 5.95. The third-order valence-electron chi connectivity index (χ3n) is 1.35. The van der Waals surface area contributed by atoms with E-state index >= 15 is 0 Å². The average Bonchev–Trinajstić information content (AvgIpc) is 2.24. The van der Waals surface area contributed by atoms with Gasteiger partial charge in [-0.15, -0.1) is 0 Å². The van der Waals surface area contributed by atoms with Gasteiger partial charge in [0, 0.05) is 12.0 Å². The molecule has 0 saturated heterocycles. The summed E-state index contributed by atoms with van der Waals surface area (Å²) in [7, 11) is 0. The van der Waals surface area contributed by atoms with Crippen molar-refractivity contribution < 1.29 is 8.22 Å². The fraction of sp³-hybridized carbons (Fsp3) is 0.273. The molecule has 0 aliphatic heterocycles. The standard InChI is InChI=1S/C11H16N4/c1-9(12)15-11(13)14-8-7-10-5-3-2-4-6-10/h2-6H,7-8H2,1H3,(H4,12,13,14,15)/i3D,4D,7D2,8D2. The van der Waals surface area contributed by atoms with E-state index in [4.69, 9.17) is 19.0 Å². The van der Waals surface area contributed by atoms with Gasteiger partial charge < -0.3 is 10.6 Å². The summed E-state index contributed by atoms with van der Waals surface area (Å²) in [5.41, 5.74) is -0.170. The second kappa shape index (κ2) is 5.80. The van der Waals surface area contributed by atoms with E-state index in [2.05, 4.69) is 5.32 Å². The van der Waals surface area contributed by atoms with Crippen LogP contribution in [0.4, 0.5) is 0 Å². The quantitative estimate of drug-likeness (QED) is 0.449.